The van der Waals surface area contributed by atoms with E-state index in [1.54, 1.807) is 28.9 Å². The molecule has 0 radical (unpaired) electrons. The van der Waals surface area contributed by atoms with Crippen molar-refractivity contribution >= 4 is 27.5 Å². The third-order valence-electron chi connectivity index (χ3n) is 4.16. The largest absolute Gasteiger partial charge is 0.491 e. The molecule has 1 aromatic carbocycles. The van der Waals surface area contributed by atoms with Gasteiger partial charge >= 0.3 is 0 Å². The smallest absolute Gasteiger partial charge is 0.247 e. The molecular weight excluding hydrogens is 403 g/mol. The molecule has 3 aromatic rings. The highest BCUT2D eigenvalue weighted by atomic mass is 79.9. The number of aryl methyl sites for hydroxylation is 1. The van der Waals surface area contributed by atoms with Crippen molar-refractivity contribution in [1.82, 2.24) is 14.6 Å². The molecule has 0 fully saturated rings. The Labute approximate surface area is 157 Å². The first-order valence-electron chi connectivity index (χ1n) is 8.16. The van der Waals surface area contributed by atoms with E-state index in [4.69, 9.17) is 9.47 Å². The summed E-state index contributed by atoms with van der Waals surface area (Å²) < 4.78 is 27.9. The Morgan fingerprint density at radius 2 is 2.15 bits per heavy atom. The predicted molar refractivity (Wildman–Crippen MR) is 98.2 cm³/mol. The van der Waals surface area contributed by atoms with Gasteiger partial charge in [0, 0.05) is 16.1 Å². The van der Waals surface area contributed by atoms with Gasteiger partial charge in [0.1, 0.15) is 17.6 Å². The quantitative estimate of drug-likeness (QED) is 0.597. The minimum Gasteiger partial charge on any atom is -0.491 e. The Morgan fingerprint density at radius 3 is 2.96 bits per heavy atom. The minimum atomic E-state index is -0.438. The lowest BCUT2D eigenvalue weighted by molar-refractivity contribution is 0.343. The fraction of sp³-hybridized carbons (Fsp3) is 0.278. The van der Waals surface area contributed by atoms with Crippen LogP contribution in [0.2, 0.25) is 0 Å². The van der Waals surface area contributed by atoms with E-state index in [9.17, 15) is 4.39 Å². The first-order valence-corrected chi connectivity index (χ1v) is 9.28. The lowest BCUT2D eigenvalue weighted by atomic mass is 10.2. The fourth-order valence-corrected chi connectivity index (χ4v) is 3.15. The number of nitrogens with zero attached hydrogens (tertiary/aromatic N) is 4. The molecule has 8 heteroatoms. The fourth-order valence-electron chi connectivity index (χ4n) is 2.99. The van der Waals surface area contributed by atoms with Crippen LogP contribution in [-0.2, 0) is 0 Å². The van der Waals surface area contributed by atoms with Crippen molar-refractivity contribution in [3.8, 4) is 17.4 Å². The highest BCUT2D eigenvalue weighted by Gasteiger charge is 2.18. The summed E-state index contributed by atoms with van der Waals surface area (Å²) in [6, 6.07) is 3.28. The molecule has 1 aliphatic heterocycles. The molecule has 0 spiro atoms. The van der Waals surface area contributed by atoms with Crippen molar-refractivity contribution in [2.24, 2.45) is 4.99 Å². The zero-order chi connectivity index (χ0) is 18.3. The lowest BCUT2D eigenvalue weighted by Gasteiger charge is -2.08. The molecule has 1 unspecified atom stereocenters. The monoisotopic (exact) mass is 418 g/mol. The number of hydrogen-bond acceptors (Lipinski definition) is 5. The zero-order valence-electron chi connectivity index (χ0n) is 14.2. The van der Waals surface area contributed by atoms with Crippen LogP contribution in [0, 0.1) is 12.7 Å². The van der Waals surface area contributed by atoms with Gasteiger partial charge in [0.05, 0.1) is 24.2 Å². The first kappa shape index (κ1) is 17.0. The highest BCUT2D eigenvalue weighted by Crippen LogP contribution is 2.32. The van der Waals surface area contributed by atoms with Gasteiger partial charge in [-0.3, -0.25) is 4.99 Å². The summed E-state index contributed by atoms with van der Waals surface area (Å²) in [5, 5.41) is 6.00. The van der Waals surface area contributed by atoms with Crippen LogP contribution in [0.1, 0.15) is 12.5 Å². The maximum atomic E-state index is 14.8. The normalized spacial score (nSPS) is 15.5. The summed E-state index contributed by atoms with van der Waals surface area (Å²) in [4.78, 5) is 8.54. The molecule has 0 amide bonds. The molecule has 0 aliphatic carbocycles. The van der Waals surface area contributed by atoms with Crippen molar-refractivity contribution in [3.63, 3.8) is 0 Å². The topological polar surface area (TPSA) is 61.0 Å². The summed E-state index contributed by atoms with van der Waals surface area (Å²) in [6.45, 7) is 4.33. The van der Waals surface area contributed by atoms with Crippen LogP contribution in [0.3, 0.4) is 0 Å². The van der Waals surface area contributed by atoms with E-state index < -0.39 is 5.82 Å². The average molecular weight is 419 g/mol. The Hall–Kier alpha value is -2.48. The van der Waals surface area contributed by atoms with Gasteiger partial charge in [-0.05, 0) is 32.1 Å². The summed E-state index contributed by atoms with van der Waals surface area (Å²) >= 11 is 3.33. The summed E-state index contributed by atoms with van der Waals surface area (Å²) in [5.41, 5.74) is 1.47. The first-order chi connectivity index (χ1) is 12.6. The molecule has 134 valence electrons. The van der Waals surface area contributed by atoms with E-state index in [1.807, 2.05) is 13.8 Å². The number of ether oxygens (including phenoxy) is 2. The molecule has 0 N–H and O–H groups in total. The Kier molecular flexibility index (Phi) is 4.36. The maximum absolute atomic E-state index is 14.8. The van der Waals surface area contributed by atoms with Gasteiger partial charge in [-0.15, -0.1) is 0 Å². The summed E-state index contributed by atoms with van der Waals surface area (Å²) in [7, 11) is 0. The van der Waals surface area contributed by atoms with Crippen molar-refractivity contribution in [2.75, 3.05) is 11.9 Å². The Balaban J connectivity index is 1.77. The average Bonchev–Trinajstić information content (AvgIpc) is 3.16. The molecule has 26 heavy (non-hydrogen) atoms. The van der Waals surface area contributed by atoms with Gasteiger partial charge < -0.3 is 9.47 Å². The van der Waals surface area contributed by atoms with Crippen molar-refractivity contribution < 1.29 is 13.9 Å². The predicted octanol–water partition coefficient (Wildman–Crippen LogP) is 2.55. The van der Waals surface area contributed by atoms with Crippen LogP contribution in [-0.4, -0.2) is 32.6 Å². The second-order valence-corrected chi connectivity index (χ2v) is 6.76. The lowest BCUT2D eigenvalue weighted by Crippen LogP contribution is -2.25. The maximum Gasteiger partial charge on any atom is 0.247 e. The Morgan fingerprint density at radius 1 is 1.31 bits per heavy atom. The van der Waals surface area contributed by atoms with Crippen molar-refractivity contribution in [1.29, 1.82) is 0 Å². The number of alkyl halides is 1. The van der Waals surface area contributed by atoms with E-state index in [1.165, 1.54) is 6.33 Å². The number of rotatable bonds is 5. The second kappa shape index (κ2) is 6.68. The van der Waals surface area contributed by atoms with Crippen LogP contribution in [0.5, 0.6) is 17.4 Å². The van der Waals surface area contributed by atoms with Gasteiger partial charge in [-0.2, -0.15) is 10.1 Å². The molecule has 3 heterocycles. The summed E-state index contributed by atoms with van der Waals surface area (Å²) in [6.07, 6.45) is 4.90. The van der Waals surface area contributed by atoms with Gasteiger partial charge in [0.2, 0.25) is 5.88 Å². The second-order valence-electron chi connectivity index (χ2n) is 5.96. The molecule has 0 saturated heterocycles. The molecule has 1 aliphatic rings. The number of aromatic nitrogens is 3. The van der Waals surface area contributed by atoms with E-state index in [2.05, 4.69) is 31.0 Å². The molecule has 4 rings (SSSR count). The number of halogens is 2. The number of benzene rings is 1. The van der Waals surface area contributed by atoms with Crippen molar-refractivity contribution in [2.45, 2.75) is 19.9 Å². The van der Waals surface area contributed by atoms with E-state index in [0.29, 0.717) is 33.8 Å². The molecule has 0 saturated carbocycles. The number of fused-ring (bicyclic) bond motifs is 2. The zero-order valence-corrected chi connectivity index (χ0v) is 15.8. The molecular formula is C18H16BrFN4O2. The van der Waals surface area contributed by atoms with E-state index in [-0.39, 0.29) is 17.7 Å². The Bertz CT molecular complexity index is 1110. The van der Waals surface area contributed by atoms with Crippen LogP contribution in [0.15, 0.2) is 29.6 Å². The van der Waals surface area contributed by atoms with Crippen LogP contribution >= 0.6 is 15.9 Å². The standard InChI is InChI=1S/C18H16BrFN4O2/c1-10-7-12-13(23-10)3-4-14(16(12)20)26-18-17-11(2)15(25-6-5-19)8-24(17)22-9-21-18/h3-4,7-10H,5-6H2,1-2H3. The van der Waals surface area contributed by atoms with Gasteiger partial charge in [-0.1, -0.05) is 15.9 Å². The highest BCUT2D eigenvalue weighted by molar-refractivity contribution is 9.09. The SMILES string of the molecule is Cc1c(OCCBr)cn2ncnc(Oc3ccc4c(c3F)=CC(C)N=4)c12. The van der Waals surface area contributed by atoms with Crippen LogP contribution < -0.4 is 20.0 Å². The van der Waals surface area contributed by atoms with Crippen LogP contribution in [0.4, 0.5) is 4.39 Å². The molecule has 6 nitrogen and oxygen atoms in total. The van der Waals surface area contributed by atoms with E-state index in [0.717, 1.165) is 5.56 Å². The van der Waals surface area contributed by atoms with E-state index >= 15 is 0 Å². The number of hydrogen-bond donors (Lipinski definition) is 0. The van der Waals surface area contributed by atoms with Gasteiger partial charge in [0.15, 0.2) is 11.6 Å². The van der Waals surface area contributed by atoms with Gasteiger partial charge in [0.25, 0.3) is 0 Å². The molecule has 0 bridgehead atoms. The molecule has 1 atom stereocenters. The van der Waals surface area contributed by atoms with Gasteiger partial charge in [-0.25, -0.2) is 8.91 Å². The minimum absolute atomic E-state index is 0.0393. The van der Waals surface area contributed by atoms with Crippen molar-refractivity contribution in [3.05, 3.63) is 46.6 Å². The third kappa shape index (κ3) is 2.84. The summed E-state index contributed by atoms with van der Waals surface area (Å²) in [5.74, 6) is 0.624. The van der Waals surface area contributed by atoms with Crippen LogP contribution in [0.25, 0.3) is 11.6 Å². The molecule has 2 aromatic heterocycles. The third-order valence-corrected chi connectivity index (χ3v) is 4.48.